The Morgan fingerprint density at radius 3 is 2.85 bits per heavy atom. The molecule has 0 spiro atoms. The van der Waals surface area contributed by atoms with Crippen molar-refractivity contribution in [3.63, 3.8) is 0 Å². The normalized spacial score (nSPS) is 17.5. The minimum atomic E-state index is 0.434. The second-order valence-corrected chi connectivity index (χ2v) is 6.49. The van der Waals surface area contributed by atoms with E-state index >= 15 is 0 Å². The van der Waals surface area contributed by atoms with Crippen molar-refractivity contribution in [3.8, 4) is 0 Å². The molecule has 0 aliphatic heterocycles. The van der Waals surface area contributed by atoms with Crippen LogP contribution in [0.5, 0.6) is 0 Å². The van der Waals surface area contributed by atoms with E-state index in [0.717, 1.165) is 22.6 Å². The highest BCUT2D eigenvalue weighted by Crippen LogP contribution is 2.41. The number of hydrazine groups is 1. The number of fused-ring (bicyclic) bond motifs is 1. The molecule has 20 heavy (non-hydrogen) atoms. The predicted molar refractivity (Wildman–Crippen MR) is 84.9 cm³/mol. The second-order valence-electron chi connectivity index (χ2n) is 5.59. The summed E-state index contributed by atoms with van der Waals surface area (Å²) in [4.78, 5) is 9.79. The van der Waals surface area contributed by atoms with E-state index < -0.39 is 0 Å². The monoisotopic (exact) mass is 291 g/mol. The molecule has 0 aromatic carbocycles. The van der Waals surface area contributed by atoms with Crippen molar-refractivity contribution >= 4 is 33.3 Å². The molecule has 1 aliphatic carbocycles. The molecule has 0 amide bonds. The Kier molecular flexibility index (Phi) is 3.76. The van der Waals surface area contributed by atoms with Crippen LogP contribution in [0.2, 0.25) is 0 Å². The number of anilines is 2. The zero-order chi connectivity index (χ0) is 14.0. The Morgan fingerprint density at radius 2 is 2.15 bits per heavy atom. The number of hydrogen-bond donors (Lipinski definition) is 3. The number of nitrogens with one attached hydrogen (secondary N) is 2. The second kappa shape index (κ2) is 5.54. The summed E-state index contributed by atoms with van der Waals surface area (Å²) < 4.78 is 0. The molecule has 2 aromatic heterocycles. The lowest BCUT2D eigenvalue weighted by Gasteiger charge is -2.28. The number of thiophene rings is 1. The fourth-order valence-electron chi connectivity index (χ4n) is 3.11. The van der Waals surface area contributed by atoms with Gasteiger partial charge in [0.25, 0.3) is 0 Å². The number of hydrogen-bond acceptors (Lipinski definition) is 6. The molecular formula is C14H21N5S. The molecular weight excluding hydrogens is 270 g/mol. The molecule has 2 aromatic rings. The van der Waals surface area contributed by atoms with Crippen LogP contribution >= 0.6 is 11.3 Å². The highest BCUT2D eigenvalue weighted by molar-refractivity contribution is 7.16. The van der Waals surface area contributed by atoms with Crippen LogP contribution in [0.1, 0.15) is 39.0 Å². The number of nitrogens with zero attached hydrogens (tertiary/aromatic N) is 2. The number of nitrogen functional groups attached to an aromatic ring is 1. The van der Waals surface area contributed by atoms with Gasteiger partial charge in [-0.2, -0.15) is 4.98 Å². The van der Waals surface area contributed by atoms with Gasteiger partial charge in [-0.3, -0.25) is 5.43 Å². The Hall–Kier alpha value is -1.40. The number of rotatable bonds is 5. The van der Waals surface area contributed by atoms with Crippen LogP contribution in [0.4, 0.5) is 11.8 Å². The first kappa shape index (κ1) is 13.6. The SMILES string of the molecule is CCC1(CNc2nc(NN)nc3sccc23)CCCC1. The summed E-state index contributed by atoms with van der Waals surface area (Å²) in [5.74, 6) is 6.82. The molecule has 0 atom stereocenters. The third-order valence-electron chi connectivity index (χ3n) is 4.50. The zero-order valence-corrected chi connectivity index (χ0v) is 12.6. The molecule has 0 bridgehead atoms. The van der Waals surface area contributed by atoms with E-state index in [4.69, 9.17) is 5.84 Å². The minimum absolute atomic E-state index is 0.434. The largest absolute Gasteiger partial charge is 0.369 e. The summed E-state index contributed by atoms with van der Waals surface area (Å²) in [6, 6.07) is 2.07. The van der Waals surface area contributed by atoms with Gasteiger partial charge in [0.1, 0.15) is 10.6 Å². The lowest BCUT2D eigenvalue weighted by Crippen LogP contribution is -2.26. The van der Waals surface area contributed by atoms with Gasteiger partial charge in [-0.25, -0.2) is 10.8 Å². The third kappa shape index (κ3) is 2.45. The van der Waals surface area contributed by atoms with Crippen LogP contribution in [0.25, 0.3) is 10.2 Å². The van der Waals surface area contributed by atoms with Gasteiger partial charge in [0.05, 0.1) is 5.39 Å². The molecule has 1 aliphatic rings. The van der Waals surface area contributed by atoms with Gasteiger partial charge in [0.2, 0.25) is 5.95 Å². The van der Waals surface area contributed by atoms with Gasteiger partial charge in [-0.1, -0.05) is 19.8 Å². The van der Waals surface area contributed by atoms with Crippen molar-refractivity contribution in [2.75, 3.05) is 17.3 Å². The van der Waals surface area contributed by atoms with E-state index in [2.05, 4.69) is 33.7 Å². The van der Waals surface area contributed by atoms with Crippen LogP contribution in [0.3, 0.4) is 0 Å². The van der Waals surface area contributed by atoms with Gasteiger partial charge < -0.3 is 5.32 Å². The molecule has 1 saturated carbocycles. The van der Waals surface area contributed by atoms with Crippen LogP contribution in [-0.2, 0) is 0 Å². The predicted octanol–water partition coefficient (Wildman–Crippen LogP) is 3.36. The van der Waals surface area contributed by atoms with Gasteiger partial charge in [-0.15, -0.1) is 11.3 Å². The maximum atomic E-state index is 5.45. The van der Waals surface area contributed by atoms with E-state index in [1.54, 1.807) is 11.3 Å². The van der Waals surface area contributed by atoms with Crippen molar-refractivity contribution in [1.29, 1.82) is 0 Å². The van der Waals surface area contributed by atoms with Gasteiger partial charge in [-0.05, 0) is 36.1 Å². The van der Waals surface area contributed by atoms with Gasteiger partial charge >= 0.3 is 0 Å². The van der Waals surface area contributed by atoms with Crippen LogP contribution in [-0.4, -0.2) is 16.5 Å². The van der Waals surface area contributed by atoms with E-state index in [1.165, 1.54) is 32.1 Å². The Morgan fingerprint density at radius 1 is 1.35 bits per heavy atom. The molecule has 0 radical (unpaired) electrons. The molecule has 3 rings (SSSR count). The standard InChI is InChI=1S/C14H21N5S/c1-2-14(6-3-4-7-14)9-16-11-10-5-8-20-12(10)18-13(17-11)19-15/h5,8H,2-4,6-7,9,15H2,1H3,(H2,16,17,18,19). The van der Waals surface area contributed by atoms with Crippen molar-refractivity contribution < 1.29 is 0 Å². The van der Waals surface area contributed by atoms with Gasteiger partial charge in [0.15, 0.2) is 0 Å². The van der Waals surface area contributed by atoms with Crippen LogP contribution in [0.15, 0.2) is 11.4 Å². The van der Waals surface area contributed by atoms with Crippen molar-refractivity contribution in [3.05, 3.63) is 11.4 Å². The average Bonchev–Trinajstić information content (AvgIpc) is 3.14. The minimum Gasteiger partial charge on any atom is -0.369 e. The molecule has 6 heteroatoms. The van der Waals surface area contributed by atoms with Gasteiger partial charge in [0, 0.05) is 6.54 Å². The Balaban J connectivity index is 1.84. The maximum Gasteiger partial charge on any atom is 0.240 e. The molecule has 4 N–H and O–H groups in total. The molecule has 0 unspecified atom stereocenters. The first-order valence-electron chi connectivity index (χ1n) is 7.22. The lowest BCUT2D eigenvalue weighted by atomic mass is 9.83. The van der Waals surface area contributed by atoms with Crippen molar-refractivity contribution in [1.82, 2.24) is 9.97 Å². The average molecular weight is 291 g/mol. The van der Waals surface area contributed by atoms with Crippen LogP contribution in [0, 0.1) is 5.41 Å². The first-order valence-corrected chi connectivity index (χ1v) is 8.10. The topological polar surface area (TPSA) is 75.9 Å². The summed E-state index contributed by atoms with van der Waals surface area (Å²) in [5.41, 5.74) is 2.98. The smallest absolute Gasteiger partial charge is 0.240 e. The number of nitrogens with two attached hydrogens (primary N) is 1. The summed E-state index contributed by atoms with van der Waals surface area (Å²) in [6.07, 6.45) is 6.55. The first-order chi connectivity index (χ1) is 9.76. The van der Waals surface area contributed by atoms with E-state index in [9.17, 15) is 0 Å². The summed E-state index contributed by atoms with van der Waals surface area (Å²) >= 11 is 1.61. The Labute approximate surface area is 123 Å². The number of aromatic nitrogens is 2. The molecule has 108 valence electrons. The van der Waals surface area contributed by atoms with Crippen molar-refractivity contribution in [2.45, 2.75) is 39.0 Å². The fourth-order valence-corrected chi connectivity index (χ4v) is 3.87. The molecule has 5 nitrogen and oxygen atoms in total. The summed E-state index contributed by atoms with van der Waals surface area (Å²) in [6.45, 7) is 3.27. The van der Waals surface area contributed by atoms with E-state index in [1.807, 2.05) is 5.38 Å². The van der Waals surface area contributed by atoms with E-state index in [0.29, 0.717) is 11.4 Å². The summed E-state index contributed by atoms with van der Waals surface area (Å²) in [5, 5.41) is 6.66. The molecule has 0 saturated heterocycles. The third-order valence-corrected chi connectivity index (χ3v) is 5.31. The van der Waals surface area contributed by atoms with Crippen LogP contribution < -0.4 is 16.6 Å². The highest BCUT2D eigenvalue weighted by Gasteiger charge is 2.31. The highest BCUT2D eigenvalue weighted by atomic mass is 32.1. The quantitative estimate of drug-likeness (QED) is 0.582. The Bertz CT molecular complexity index is 588. The van der Waals surface area contributed by atoms with E-state index in [-0.39, 0.29) is 0 Å². The molecule has 1 fully saturated rings. The zero-order valence-electron chi connectivity index (χ0n) is 11.8. The molecule has 2 heterocycles. The maximum absolute atomic E-state index is 5.45. The van der Waals surface area contributed by atoms with Crippen molar-refractivity contribution in [2.24, 2.45) is 11.3 Å². The summed E-state index contributed by atoms with van der Waals surface area (Å²) in [7, 11) is 0. The lowest BCUT2D eigenvalue weighted by molar-refractivity contribution is 0.306. The fraction of sp³-hybridized carbons (Fsp3) is 0.571.